The lowest BCUT2D eigenvalue weighted by atomic mass is 9.93. The van der Waals surface area contributed by atoms with Crippen LogP contribution < -0.4 is 15.4 Å². The molecule has 3 rings (SSSR count). The maximum absolute atomic E-state index is 15.2. The highest BCUT2D eigenvalue weighted by molar-refractivity contribution is 9.10. The number of hydrogen-bond donors (Lipinski definition) is 2. The molecule has 42 heavy (non-hydrogen) atoms. The molecule has 0 saturated carbocycles. The fourth-order valence-electron chi connectivity index (χ4n) is 3.56. The molecule has 226 valence electrons. The van der Waals surface area contributed by atoms with Crippen LogP contribution in [0.4, 0.5) is 55.3 Å². The number of halogens is 12. The van der Waals surface area contributed by atoms with Gasteiger partial charge in [-0.15, -0.1) is 0 Å². The summed E-state index contributed by atoms with van der Waals surface area (Å²) in [7, 11) is 0. The second-order valence-electron chi connectivity index (χ2n) is 8.42. The number of anilines is 2. The number of alkyl halides is 9. The first-order chi connectivity index (χ1) is 19.3. The number of aryl methyl sites for hydroxylation is 1. The van der Waals surface area contributed by atoms with E-state index in [1.165, 1.54) is 12.1 Å². The summed E-state index contributed by atoms with van der Waals surface area (Å²) in [5, 5.41) is 4.03. The van der Waals surface area contributed by atoms with Gasteiger partial charge in [0.25, 0.3) is 11.8 Å². The zero-order chi connectivity index (χ0) is 31.8. The van der Waals surface area contributed by atoms with Gasteiger partial charge in [0.05, 0.1) is 27.5 Å². The van der Waals surface area contributed by atoms with Crippen molar-refractivity contribution in [2.45, 2.75) is 31.6 Å². The molecule has 0 spiro atoms. The third-order valence-corrected chi connectivity index (χ3v) is 6.49. The fourth-order valence-corrected chi connectivity index (χ4v) is 4.42. The van der Waals surface area contributed by atoms with Crippen LogP contribution in [0.15, 0.2) is 53.0 Å². The van der Waals surface area contributed by atoms with E-state index in [2.05, 4.69) is 26.0 Å². The molecule has 3 aromatic rings. The molecule has 2 amide bonds. The molecule has 0 fully saturated rings. The number of benzene rings is 3. The van der Waals surface area contributed by atoms with Crippen LogP contribution in [-0.2, 0) is 5.67 Å². The number of rotatable bonds is 7. The Labute approximate surface area is 242 Å². The van der Waals surface area contributed by atoms with Gasteiger partial charge >= 0.3 is 24.6 Å². The van der Waals surface area contributed by atoms with Crippen molar-refractivity contribution in [3.05, 3.63) is 86.1 Å². The first-order valence-corrected chi connectivity index (χ1v) is 12.2. The van der Waals surface area contributed by atoms with E-state index >= 15 is 4.39 Å². The number of carbonyl (C=O) groups excluding carboxylic acids is 2. The summed E-state index contributed by atoms with van der Waals surface area (Å²) in [5.74, 6) is -5.24. The maximum Gasteiger partial charge on any atom is 0.435 e. The van der Waals surface area contributed by atoms with E-state index in [4.69, 9.17) is 11.6 Å². The van der Waals surface area contributed by atoms with Crippen molar-refractivity contribution < 1.29 is 58.2 Å². The average Bonchev–Trinajstić information content (AvgIpc) is 2.84. The molecule has 0 aliphatic carbocycles. The van der Waals surface area contributed by atoms with Gasteiger partial charge in [0.1, 0.15) is 0 Å². The minimum atomic E-state index is -6.59. The Hall–Kier alpha value is -3.53. The average molecular weight is 696 g/mol. The van der Waals surface area contributed by atoms with E-state index in [0.717, 1.165) is 18.2 Å². The normalized spacial score (nSPS) is 12.3. The molecule has 5 nitrogen and oxygen atoms in total. The van der Waals surface area contributed by atoms with Crippen LogP contribution in [0.5, 0.6) is 5.75 Å². The fraction of sp³-hybridized carbons (Fsp3) is 0.200. The number of amides is 2. The predicted octanol–water partition coefficient (Wildman–Crippen LogP) is 8.95. The van der Waals surface area contributed by atoms with Crippen LogP contribution in [-0.4, -0.2) is 30.8 Å². The second-order valence-corrected chi connectivity index (χ2v) is 9.68. The maximum atomic E-state index is 15.2. The highest BCUT2D eigenvalue weighted by atomic mass is 79.9. The molecule has 0 atom stereocenters. The minimum Gasteiger partial charge on any atom is -0.433 e. The molecular formula is C25H14BrClF10N2O3. The smallest absolute Gasteiger partial charge is 0.433 e. The summed E-state index contributed by atoms with van der Waals surface area (Å²) in [4.78, 5) is 25.4. The molecule has 17 heteroatoms. The van der Waals surface area contributed by atoms with E-state index in [-0.39, 0.29) is 22.7 Å². The number of carbonyl (C=O) groups is 2. The molecule has 3 aromatic carbocycles. The van der Waals surface area contributed by atoms with Crippen molar-refractivity contribution in [1.29, 1.82) is 0 Å². The summed E-state index contributed by atoms with van der Waals surface area (Å²) in [6.07, 6.45) is -13.2. The Kier molecular flexibility index (Phi) is 9.41. The van der Waals surface area contributed by atoms with Gasteiger partial charge in [0.15, 0.2) is 11.6 Å². The number of hydrogen-bond acceptors (Lipinski definition) is 3. The van der Waals surface area contributed by atoms with E-state index < -0.39 is 75.0 Å². The van der Waals surface area contributed by atoms with Crippen molar-refractivity contribution in [3.63, 3.8) is 0 Å². The van der Waals surface area contributed by atoms with Crippen LogP contribution in [0, 0.1) is 12.7 Å². The molecule has 0 unspecified atom stereocenters. The zero-order valence-electron chi connectivity index (χ0n) is 20.5. The first kappa shape index (κ1) is 33.0. The standard InChI is InChI=1S/C25H14BrClF10N2O3/c1-10-5-6-12(15(27)7-10)20(40)38-16-4-2-3-13(18(16)28)21(41)39-19-14(26)8-11(9-17(19)42-22(29)30)23(31,24(32,33)34)25(35,36)37/h2-9,22H,1H3,(H,38,40)(H,39,41). The lowest BCUT2D eigenvalue weighted by Gasteiger charge is -2.31. The molecule has 0 aliphatic rings. The Morgan fingerprint density at radius 1 is 0.881 bits per heavy atom. The molecule has 2 N–H and O–H groups in total. The third kappa shape index (κ3) is 6.59. The van der Waals surface area contributed by atoms with Gasteiger partial charge in [0.2, 0.25) is 0 Å². The Morgan fingerprint density at radius 2 is 1.48 bits per heavy atom. The van der Waals surface area contributed by atoms with Crippen LogP contribution >= 0.6 is 27.5 Å². The number of ether oxygens (including phenoxy) is 1. The van der Waals surface area contributed by atoms with Crippen molar-refractivity contribution in [2.24, 2.45) is 0 Å². The van der Waals surface area contributed by atoms with Crippen LogP contribution in [0.3, 0.4) is 0 Å². The Bertz CT molecular complexity index is 1520. The molecule has 0 radical (unpaired) electrons. The molecule has 0 aromatic heterocycles. The minimum absolute atomic E-state index is 0.0232. The van der Waals surface area contributed by atoms with Crippen molar-refractivity contribution in [1.82, 2.24) is 0 Å². The summed E-state index contributed by atoms with van der Waals surface area (Å²) in [6, 6.07) is 6.93. The molecule has 0 heterocycles. The van der Waals surface area contributed by atoms with Crippen LogP contribution in [0.2, 0.25) is 5.02 Å². The lowest BCUT2D eigenvalue weighted by Crippen LogP contribution is -2.50. The zero-order valence-corrected chi connectivity index (χ0v) is 22.8. The van der Waals surface area contributed by atoms with E-state index in [1.807, 2.05) is 5.32 Å². The lowest BCUT2D eigenvalue weighted by molar-refractivity contribution is -0.348. The first-order valence-electron chi connectivity index (χ1n) is 11.1. The van der Waals surface area contributed by atoms with E-state index in [1.54, 1.807) is 13.0 Å². The molecular weight excluding hydrogens is 682 g/mol. The highest BCUT2D eigenvalue weighted by Crippen LogP contribution is 2.55. The SMILES string of the molecule is Cc1ccc(C(=O)Nc2cccc(C(=O)Nc3c(Br)cc(C(F)(C(F)(F)F)C(F)(F)F)cc3OC(F)F)c2F)c(Cl)c1. The van der Waals surface area contributed by atoms with Crippen LogP contribution in [0.1, 0.15) is 31.8 Å². The van der Waals surface area contributed by atoms with Gasteiger partial charge in [-0.05, 0) is 64.8 Å². The third-order valence-electron chi connectivity index (χ3n) is 5.55. The predicted molar refractivity (Wildman–Crippen MR) is 134 cm³/mol. The van der Waals surface area contributed by atoms with Gasteiger partial charge < -0.3 is 15.4 Å². The second kappa shape index (κ2) is 12.0. The van der Waals surface area contributed by atoms with Gasteiger partial charge in [-0.1, -0.05) is 23.7 Å². The van der Waals surface area contributed by atoms with Gasteiger partial charge in [-0.2, -0.15) is 35.1 Å². The number of nitrogens with one attached hydrogen (secondary N) is 2. The largest absolute Gasteiger partial charge is 0.435 e. The van der Waals surface area contributed by atoms with Gasteiger partial charge in [0, 0.05) is 10.0 Å². The van der Waals surface area contributed by atoms with E-state index in [9.17, 15) is 49.1 Å². The Morgan fingerprint density at radius 3 is 2.02 bits per heavy atom. The summed E-state index contributed by atoms with van der Waals surface area (Å²) < 4.78 is 138. The van der Waals surface area contributed by atoms with Crippen LogP contribution in [0.25, 0.3) is 0 Å². The van der Waals surface area contributed by atoms with Crippen molar-refractivity contribution in [2.75, 3.05) is 10.6 Å². The van der Waals surface area contributed by atoms with E-state index in [0.29, 0.717) is 5.56 Å². The molecule has 0 aliphatic heterocycles. The molecule has 0 saturated heterocycles. The topological polar surface area (TPSA) is 67.4 Å². The molecule has 0 bridgehead atoms. The monoisotopic (exact) mass is 694 g/mol. The Balaban J connectivity index is 2.01. The van der Waals surface area contributed by atoms with Gasteiger partial charge in [-0.3, -0.25) is 9.59 Å². The highest BCUT2D eigenvalue weighted by Gasteiger charge is 2.73. The van der Waals surface area contributed by atoms with Gasteiger partial charge in [-0.25, -0.2) is 8.78 Å². The summed E-state index contributed by atoms with van der Waals surface area (Å²) in [5.41, 5.74) is -9.97. The van der Waals surface area contributed by atoms with Crippen molar-refractivity contribution >= 4 is 50.7 Å². The summed E-state index contributed by atoms with van der Waals surface area (Å²) in [6.45, 7) is -2.17. The van der Waals surface area contributed by atoms with Crippen molar-refractivity contribution in [3.8, 4) is 5.75 Å². The quantitative estimate of drug-likeness (QED) is 0.243. The summed E-state index contributed by atoms with van der Waals surface area (Å²) >= 11 is 8.53.